The molecule has 0 bridgehead atoms. The summed E-state index contributed by atoms with van der Waals surface area (Å²) in [6, 6.07) is 0. The summed E-state index contributed by atoms with van der Waals surface area (Å²) < 4.78 is 0. The molecule has 0 saturated carbocycles. The molecule has 0 radical (unpaired) electrons. The van der Waals surface area contributed by atoms with E-state index in [-0.39, 0.29) is 0 Å². The van der Waals surface area contributed by atoms with Gasteiger partial charge >= 0.3 is 0 Å². The van der Waals surface area contributed by atoms with Crippen LogP contribution in [0.4, 0.5) is 0 Å². The second kappa shape index (κ2) is 3.50. The number of hydrogen-bond donors (Lipinski definition) is 0. The molecular weight excluding hydrogens is 128 g/mol. The van der Waals surface area contributed by atoms with Crippen molar-refractivity contribution in [3.05, 3.63) is 23.9 Å². The minimum absolute atomic E-state index is 0.383. The monoisotopic (exact) mass is 134 g/mol. The van der Waals surface area contributed by atoms with Crippen LogP contribution < -0.4 is 0 Å². The van der Waals surface area contributed by atoms with E-state index in [1.54, 1.807) is 24.4 Å². The van der Waals surface area contributed by atoms with Gasteiger partial charge in [0.05, 0.1) is 0 Å². The zero-order valence-corrected chi connectivity index (χ0v) is 5.27. The molecule has 50 valence electrons. The number of carbonyl (C=O) groups excluding carboxylic acids is 1. The molecule has 0 aromatic carbocycles. The number of nitrogens with zero attached hydrogens (tertiary/aromatic N) is 2. The van der Waals surface area contributed by atoms with E-state index in [1.165, 1.54) is 6.34 Å². The van der Waals surface area contributed by atoms with Gasteiger partial charge in [-0.25, -0.2) is 9.98 Å². The van der Waals surface area contributed by atoms with Gasteiger partial charge in [-0.3, -0.25) is 4.79 Å². The van der Waals surface area contributed by atoms with Crippen LogP contribution in [0.15, 0.2) is 33.9 Å². The summed E-state index contributed by atoms with van der Waals surface area (Å²) in [5, 5.41) is 0. The summed E-state index contributed by atoms with van der Waals surface area (Å²) in [5.41, 5.74) is 0.383. The largest absolute Gasteiger partial charge is 0.296 e. The fourth-order valence-electron chi connectivity index (χ4n) is 0.505. The predicted molar refractivity (Wildman–Crippen MR) is 40.3 cm³/mol. The molecule has 0 spiro atoms. The van der Waals surface area contributed by atoms with Gasteiger partial charge in [0.25, 0.3) is 0 Å². The van der Waals surface area contributed by atoms with E-state index in [0.29, 0.717) is 12.0 Å². The summed E-state index contributed by atoms with van der Waals surface area (Å²) in [4.78, 5) is 17.6. The normalized spacial score (nSPS) is 15.8. The van der Waals surface area contributed by atoms with Crippen LogP contribution >= 0.6 is 0 Å². The van der Waals surface area contributed by atoms with Gasteiger partial charge < -0.3 is 0 Å². The fourth-order valence-corrected chi connectivity index (χ4v) is 0.505. The van der Waals surface area contributed by atoms with E-state index >= 15 is 0 Å². The lowest BCUT2D eigenvalue weighted by Crippen LogP contribution is -1.81. The average molecular weight is 134 g/mol. The van der Waals surface area contributed by atoms with Crippen LogP contribution in [0.2, 0.25) is 0 Å². The molecule has 0 atom stereocenters. The topological polar surface area (TPSA) is 41.8 Å². The van der Waals surface area contributed by atoms with Crippen LogP contribution in [0.3, 0.4) is 0 Å². The standard InChI is InChI=1S/C7H6N2O/c10-5-7-3-1-2-4-8-6-9-7/h1-6H. The summed E-state index contributed by atoms with van der Waals surface area (Å²) in [6.07, 6.45) is 8.68. The summed E-state index contributed by atoms with van der Waals surface area (Å²) in [6.45, 7) is 0. The highest BCUT2D eigenvalue weighted by molar-refractivity contribution is 5.84. The molecule has 0 aromatic heterocycles. The van der Waals surface area contributed by atoms with E-state index in [0.717, 1.165) is 0 Å². The van der Waals surface area contributed by atoms with Crippen LogP contribution in [0.1, 0.15) is 0 Å². The Kier molecular flexibility index (Phi) is 2.31. The molecule has 0 aliphatic carbocycles. The molecule has 0 aromatic rings. The highest BCUT2D eigenvalue weighted by Gasteiger charge is 1.86. The van der Waals surface area contributed by atoms with Crippen molar-refractivity contribution in [1.29, 1.82) is 0 Å². The first kappa shape index (κ1) is 6.61. The molecule has 1 heterocycles. The van der Waals surface area contributed by atoms with Crippen molar-refractivity contribution in [1.82, 2.24) is 0 Å². The molecule has 3 heteroatoms. The zero-order valence-electron chi connectivity index (χ0n) is 5.27. The highest BCUT2D eigenvalue weighted by Crippen LogP contribution is 1.92. The Hall–Kier alpha value is -1.51. The Morgan fingerprint density at radius 1 is 1.40 bits per heavy atom. The first-order valence-electron chi connectivity index (χ1n) is 2.81. The van der Waals surface area contributed by atoms with Crippen molar-refractivity contribution in [2.75, 3.05) is 0 Å². The van der Waals surface area contributed by atoms with E-state index in [2.05, 4.69) is 9.98 Å². The van der Waals surface area contributed by atoms with Crippen LogP contribution in [0, 0.1) is 0 Å². The van der Waals surface area contributed by atoms with Gasteiger partial charge in [0.1, 0.15) is 12.0 Å². The summed E-state index contributed by atoms with van der Waals surface area (Å²) in [5.74, 6) is 0. The third-order valence-electron chi connectivity index (χ3n) is 0.944. The van der Waals surface area contributed by atoms with Gasteiger partial charge in [-0.2, -0.15) is 0 Å². The van der Waals surface area contributed by atoms with Gasteiger partial charge in [-0.05, 0) is 12.2 Å². The van der Waals surface area contributed by atoms with Crippen molar-refractivity contribution in [2.45, 2.75) is 0 Å². The number of aldehydes is 1. The number of rotatable bonds is 1. The van der Waals surface area contributed by atoms with Gasteiger partial charge in [0.15, 0.2) is 6.29 Å². The number of allylic oxidation sites excluding steroid dienone is 4. The maximum Gasteiger partial charge on any atom is 0.168 e. The lowest BCUT2D eigenvalue weighted by molar-refractivity contribution is -0.104. The van der Waals surface area contributed by atoms with E-state index in [9.17, 15) is 4.79 Å². The molecule has 1 aliphatic heterocycles. The predicted octanol–water partition coefficient (Wildman–Crippen LogP) is 0.738. The molecule has 1 rings (SSSR count). The van der Waals surface area contributed by atoms with Crippen molar-refractivity contribution >= 4 is 18.8 Å². The Morgan fingerprint density at radius 3 is 3.10 bits per heavy atom. The Morgan fingerprint density at radius 2 is 2.30 bits per heavy atom. The molecule has 3 nitrogen and oxygen atoms in total. The van der Waals surface area contributed by atoms with Gasteiger partial charge in [-0.15, -0.1) is 0 Å². The summed E-state index contributed by atoms with van der Waals surface area (Å²) >= 11 is 0. The molecule has 0 saturated heterocycles. The number of aliphatic imine (C=N–C) groups is 2. The minimum Gasteiger partial charge on any atom is -0.296 e. The van der Waals surface area contributed by atoms with E-state index in [1.807, 2.05) is 0 Å². The molecule has 0 fully saturated rings. The Labute approximate surface area is 58.5 Å². The van der Waals surface area contributed by atoms with Crippen LogP contribution in [0.5, 0.6) is 0 Å². The molecule has 0 amide bonds. The first-order chi connectivity index (χ1) is 4.93. The maximum atomic E-state index is 10.2. The van der Waals surface area contributed by atoms with Gasteiger partial charge in [0, 0.05) is 6.21 Å². The first-order valence-corrected chi connectivity index (χ1v) is 2.81. The van der Waals surface area contributed by atoms with Crippen molar-refractivity contribution in [2.24, 2.45) is 9.98 Å². The SMILES string of the molecule is O=CC1=CC=CC=NC=N1. The molecule has 1 aliphatic rings. The fraction of sp³-hybridized carbons (Fsp3) is 0. The molecule has 0 unspecified atom stereocenters. The van der Waals surface area contributed by atoms with Crippen molar-refractivity contribution in [3.8, 4) is 0 Å². The third kappa shape index (κ3) is 1.78. The Bertz CT molecular complexity index is 236. The van der Waals surface area contributed by atoms with E-state index < -0.39 is 0 Å². The van der Waals surface area contributed by atoms with E-state index in [4.69, 9.17) is 0 Å². The van der Waals surface area contributed by atoms with Crippen LogP contribution in [0.25, 0.3) is 0 Å². The minimum atomic E-state index is 0.383. The average Bonchev–Trinajstić information content (AvgIpc) is 1.87. The number of hydrogen-bond acceptors (Lipinski definition) is 3. The Balaban J connectivity index is 2.82. The smallest absolute Gasteiger partial charge is 0.168 e. The van der Waals surface area contributed by atoms with Gasteiger partial charge in [-0.1, -0.05) is 6.08 Å². The second-order valence-electron chi connectivity index (χ2n) is 1.64. The quantitative estimate of drug-likeness (QED) is 0.487. The molecular formula is C7H6N2O. The van der Waals surface area contributed by atoms with Crippen molar-refractivity contribution in [3.63, 3.8) is 0 Å². The van der Waals surface area contributed by atoms with Crippen molar-refractivity contribution < 1.29 is 4.79 Å². The lowest BCUT2D eigenvalue weighted by Gasteiger charge is -1.86. The van der Waals surface area contributed by atoms with Crippen LogP contribution in [-0.4, -0.2) is 18.8 Å². The van der Waals surface area contributed by atoms with Crippen LogP contribution in [-0.2, 0) is 4.79 Å². The highest BCUT2D eigenvalue weighted by atomic mass is 16.1. The second-order valence-corrected chi connectivity index (χ2v) is 1.64. The third-order valence-corrected chi connectivity index (χ3v) is 0.944. The maximum absolute atomic E-state index is 10.2. The molecule has 10 heavy (non-hydrogen) atoms. The number of carbonyl (C=O) groups is 1. The van der Waals surface area contributed by atoms with Gasteiger partial charge in [0.2, 0.25) is 0 Å². The zero-order chi connectivity index (χ0) is 7.23. The summed E-state index contributed by atoms with van der Waals surface area (Å²) in [7, 11) is 0. The molecule has 0 N–H and O–H groups in total. The lowest BCUT2D eigenvalue weighted by atomic mass is 10.4.